The van der Waals surface area contributed by atoms with Crippen LogP contribution in [0.4, 0.5) is 0 Å². The number of amides is 2. The summed E-state index contributed by atoms with van der Waals surface area (Å²) in [6.07, 6.45) is 7.02. The Kier molecular flexibility index (Phi) is 4.41. The second kappa shape index (κ2) is 6.64. The van der Waals surface area contributed by atoms with Crippen LogP contribution < -0.4 is 11.1 Å². The highest BCUT2D eigenvalue weighted by molar-refractivity contribution is 5.95. The summed E-state index contributed by atoms with van der Waals surface area (Å²) in [5.74, 6) is -0.792. The average molecular weight is 312 g/mol. The van der Waals surface area contributed by atoms with Gasteiger partial charge in [-0.25, -0.2) is 4.68 Å². The normalized spacial score (nSPS) is 20.9. The van der Waals surface area contributed by atoms with Crippen molar-refractivity contribution >= 4 is 11.8 Å². The molecule has 2 amide bonds. The van der Waals surface area contributed by atoms with Crippen LogP contribution in [0.25, 0.3) is 5.69 Å². The molecule has 6 heteroatoms. The van der Waals surface area contributed by atoms with Gasteiger partial charge in [0, 0.05) is 24.0 Å². The number of nitrogens with two attached hydrogens (primary N) is 1. The van der Waals surface area contributed by atoms with Crippen molar-refractivity contribution < 1.29 is 9.59 Å². The molecule has 1 aliphatic rings. The fraction of sp³-hybridized carbons (Fsp3) is 0.353. The summed E-state index contributed by atoms with van der Waals surface area (Å²) in [6, 6.07) is 8.89. The Bertz CT molecular complexity index is 696. The summed E-state index contributed by atoms with van der Waals surface area (Å²) in [5.41, 5.74) is 6.82. The van der Waals surface area contributed by atoms with Crippen LogP contribution >= 0.6 is 0 Å². The van der Waals surface area contributed by atoms with Crippen molar-refractivity contribution in [1.82, 2.24) is 15.1 Å². The van der Waals surface area contributed by atoms with E-state index in [1.54, 1.807) is 23.0 Å². The van der Waals surface area contributed by atoms with Crippen LogP contribution in [0.2, 0.25) is 0 Å². The zero-order valence-electron chi connectivity index (χ0n) is 12.8. The van der Waals surface area contributed by atoms with E-state index in [9.17, 15) is 9.59 Å². The highest BCUT2D eigenvalue weighted by Crippen LogP contribution is 2.24. The molecule has 1 aliphatic carbocycles. The van der Waals surface area contributed by atoms with E-state index in [1.807, 2.05) is 24.4 Å². The van der Waals surface area contributed by atoms with Crippen molar-refractivity contribution in [2.75, 3.05) is 0 Å². The molecule has 1 aromatic heterocycles. The summed E-state index contributed by atoms with van der Waals surface area (Å²) in [7, 11) is 0. The van der Waals surface area contributed by atoms with Gasteiger partial charge in [-0.3, -0.25) is 9.59 Å². The standard InChI is InChI=1S/C17H20N4O2/c18-16(22)14-7-1-2-8-15(14)20-17(23)12-5-3-6-13(11-12)21-10-4-9-19-21/h3-6,9-11,14-15H,1-2,7-8H2,(H2,18,22)(H,20,23). The molecule has 3 N–H and O–H groups in total. The molecule has 1 saturated carbocycles. The minimum atomic E-state index is -0.333. The lowest BCUT2D eigenvalue weighted by Gasteiger charge is -2.30. The Balaban J connectivity index is 1.75. The molecule has 3 rings (SSSR count). The summed E-state index contributed by atoms with van der Waals surface area (Å²) in [4.78, 5) is 24.1. The van der Waals surface area contributed by atoms with Crippen molar-refractivity contribution in [1.29, 1.82) is 0 Å². The van der Waals surface area contributed by atoms with Crippen molar-refractivity contribution in [3.05, 3.63) is 48.3 Å². The number of carbonyl (C=O) groups is 2. The van der Waals surface area contributed by atoms with Gasteiger partial charge in [-0.2, -0.15) is 5.10 Å². The number of hydrogen-bond acceptors (Lipinski definition) is 3. The summed E-state index contributed by atoms with van der Waals surface area (Å²) >= 11 is 0. The van der Waals surface area contributed by atoms with Gasteiger partial charge in [0.1, 0.15) is 0 Å². The zero-order valence-corrected chi connectivity index (χ0v) is 12.8. The Hall–Kier alpha value is -2.63. The van der Waals surface area contributed by atoms with Crippen LogP contribution in [0.3, 0.4) is 0 Å². The molecule has 2 atom stereocenters. The molecule has 0 radical (unpaired) electrons. The first-order valence-electron chi connectivity index (χ1n) is 7.85. The van der Waals surface area contributed by atoms with Crippen molar-refractivity contribution in [2.45, 2.75) is 31.7 Å². The third-order valence-electron chi connectivity index (χ3n) is 4.33. The molecular formula is C17H20N4O2. The minimum Gasteiger partial charge on any atom is -0.369 e. The number of nitrogens with zero attached hydrogens (tertiary/aromatic N) is 2. The number of aromatic nitrogens is 2. The number of primary amides is 1. The highest BCUT2D eigenvalue weighted by Gasteiger charge is 2.30. The number of hydrogen-bond donors (Lipinski definition) is 2. The van der Waals surface area contributed by atoms with E-state index >= 15 is 0 Å². The van der Waals surface area contributed by atoms with E-state index in [-0.39, 0.29) is 23.8 Å². The van der Waals surface area contributed by atoms with Gasteiger partial charge in [0.15, 0.2) is 0 Å². The second-order valence-corrected chi connectivity index (χ2v) is 5.87. The number of rotatable bonds is 4. The first kappa shape index (κ1) is 15.3. The maximum absolute atomic E-state index is 12.5. The average Bonchev–Trinajstić information content (AvgIpc) is 3.10. The Morgan fingerprint density at radius 1 is 1.22 bits per heavy atom. The van der Waals surface area contributed by atoms with E-state index in [1.165, 1.54) is 0 Å². The molecular weight excluding hydrogens is 292 g/mol. The summed E-state index contributed by atoms with van der Waals surface area (Å²) in [6.45, 7) is 0. The van der Waals surface area contributed by atoms with Gasteiger partial charge in [0.2, 0.25) is 5.91 Å². The minimum absolute atomic E-state index is 0.179. The largest absolute Gasteiger partial charge is 0.369 e. The first-order valence-corrected chi connectivity index (χ1v) is 7.85. The van der Waals surface area contributed by atoms with Gasteiger partial charge >= 0.3 is 0 Å². The summed E-state index contributed by atoms with van der Waals surface area (Å²) in [5, 5.41) is 7.13. The Morgan fingerprint density at radius 2 is 2.04 bits per heavy atom. The molecule has 23 heavy (non-hydrogen) atoms. The quantitative estimate of drug-likeness (QED) is 0.899. The van der Waals surface area contributed by atoms with E-state index in [0.717, 1.165) is 31.4 Å². The zero-order chi connectivity index (χ0) is 16.2. The van der Waals surface area contributed by atoms with Gasteiger partial charge in [-0.05, 0) is 37.1 Å². The third kappa shape index (κ3) is 3.41. The molecule has 1 heterocycles. The van der Waals surface area contributed by atoms with E-state index in [4.69, 9.17) is 5.73 Å². The molecule has 0 bridgehead atoms. The summed E-state index contributed by atoms with van der Waals surface area (Å²) < 4.78 is 1.70. The lowest BCUT2D eigenvalue weighted by Crippen LogP contribution is -2.47. The SMILES string of the molecule is NC(=O)C1CCCCC1NC(=O)c1cccc(-n2cccn2)c1. The predicted molar refractivity (Wildman–Crippen MR) is 86.0 cm³/mol. The third-order valence-corrected chi connectivity index (χ3v) is 4.33. The van der Waals surface area contributed by atoms with Crippen LogP contribution in [-0.4, -0.2) is 27.6 Å². The van der Waals surface area contributed by atoms with E-state index in [2.05, 4.69) is 10.4 Å². The van der Waals surface area contributed by atoms with Gasteiger partial charge < -0.3 is 11.1 Å². The van der Waals surface area contributed by atoms with Crippen LogP contribution in [0.15, 0.2) is 42.7 Å². The lowest BCUT2D eigenvalue weighted by atomic mass is 9.84. The fourth-order valence-corrected chi connectivity index (χ4v) is 3.11. The lowest BCUT2D eigenvalue weighted by molar-refractivity contribution is -0.123. The molecule has 120 valence electrons. The van der Waals surface area contributed by atoms with Crippen LogP contribution in [0.1, 0.15) is 36.0 Å². The predicted octanol–water partition coefficient (Wildman–Crippen LogP) is 1.65. The molecule has 2 aromatic rings. The molecule has 0 saturated heterocycles. The molecule has 6 nitrogen and oxygen atoms in total. The smallest absolute Gasteiger partial charge is 0.251 e. The van der Waals surface area contributed by atoms with Crippen molar-refractivity contribution in [2.24, 2.45) is 11.7 Å². The highest BCUT2D eigenvalue weighted by atomic mass is 16.2. The number of benzene rings is 1. The van der Waals surface area contributed by atoms with Crippen molar-refractivity contribution in [3.8, 4) is 5.69 Å². The number of carbonyl (C=O) groups excluding carboxylic acids is 2. The molecule has 0 spiro atoms. The molecule has 1 aromatic carbocycles. The second-order valence-electron chi connectivity index (χ2n) is 5.87. The van der Waals surface area contributed by atoms with Gasteiger partial charge in [0.25, 0.3) is 5.91 Å². The van der Waals surface area contributed by atoms with E-state index in [0.29, 0.717) is 5.56 Å². The van der Waals surface area contributed by atoms with Gasteiger partial charge in [0.05, 0.1) is 11.6 Å². The monoisotopic (exact) mass is 312 g/mol. The molecule has 0 aliphatic heterocycles. The fourth-order valence-electron chi connectivity index (χ4n) is 3.11. The van der Waals surface area contributed by atoms with E-state index < -0.39 is 0 Å². The topological polar surface area (TPSA) is 90.0 Å². The van der Waals surface area contributed by atoms with Crippen LogP contribution in [-0.2, 0) is 4.79 Å². The Labute approximate surface area is 134 Å². The van der Waals surface area contributed by atoms with Gasteiger partial charge in [-0.15, -0.1) is 0 Å². The first-order chi connectivity index (χ1) is 11.1. The van der Waals surface area contributed by atoms with Gasteiger partial charge in [-0.1, -0.05) is 18.9 Å². The van der Waals surface area contributed by atoms with Crippen LogP contribution in [0, 0.1) is 5.92 Å². The van der Waals surface area contributed by atoms with Crippen LogP contribution in [0.5, 0.6) is 0 Å². The maximum Gasteiger partial charge on any atom is 0.251 e. The molecule has 2 unspecified atom stereocenters. The maximum atomic E-state index is 12.5. The molecule has 1 fully saturated rings. The van der Waals surface area contributed by atoms with Crippen molar-refractivity contribution in [3.63, 3.8) is 0 Å². The number of nitrogens with one attached hydrogen (secondary N) is 1. The Morgan fingerprint density at radius 3 is 2.78 bits per heavy atom.